The molecule has 0 spiro atoms. The van der Waals surface area contributed by atoms with Gasteiger partial charge < -0.3 is 9.47 Å². The van der Waals surface area contributed by atoms with Gasteiger partial charge in [-0.3, -0.25) is 10.1 Å². The number of fused-ring (bicyclic) bond motifs is 1. The molecule has 0 amide bonds. The first-order chi connectivity index (χ1) is 20.0. The highest BCUT2D eigenvalue weighted by molar-refractivity contribution is 7.13. The van der Waals surface area contributed by atoms with Crippen LogP contribution in [0.4, 0.5) is 18.9 Å². The van der Waals surface area contributed by atoms with Crippen LogP contribution in [-0.4, -0.2) is 48.5 Å². The molecule has 216 valence electrons. The zero-order valence-corrected chi connectivity index (χ0v) is 22.8. The summed E-state index contributed by atoms with van der Waals surface area (Å²) in [6, 6.07) is 13.2. The van der Waals surface area contributed by atoms with E-state index in [2.05, 4.69) is 19.7 Å². The molecule has 0 aliphatic heterocycles. The van der Waals surface area contributed by atoms with Crippen LogP contribution in [0.25, 0.3) is 21.3 Å². The number of pyridine rings is 1. The topological polar surface area (TPSA) is 135 Å². The molecule has 0 aliphatic rings. The third-order valence-corrected chi connectivity index (χ3v) is 7.40. The number of non-ortho nitro benzene ring substituents is 1. The Morgan fingerprint density at radius 3 is 2.50 bits per heavy atom. The lowest BCUT2D eigenvalue weighted by atomic mass is 9.95. The fourth-order valence-electron chi connectivity index (χ4n) is 4.32. The van der Waals surface area contributed by atoms with Crippen LogP contribution in [0, 0.1) is 10.1 Å². The van der Waals surface area contributed by atoms with Crippen molar-refractivity contribution in [3.63, 3.8) is 0 Å². The third kappa shape index (κ3) is 5.37. The number of hydrogen-bond donors (Lipinski definition) is 0. The van der Waals surface area contributed by atoms with Gasteiger partial charge in [-0.05, 0) is 47.8 Å². The number of rotatable bonds is 9. The van der Waals surface area contributed by atoms with E-state index >= 15 is 0 Å². The number of alkyl halides is 3. The number of ether oxygens (including phenoxy) is 2. The summed E-state index contributed by atoms with van der Waals surface area (Å²) in [5.74, 6) is -0.830. The molecule has 0 saturated carbocycles. The lowest BCUT2D eigenvalue weighted by molar-refractivity contribution is -0.384. The Labute approximate surface area is 239 Å². The number of aromatic nitrogens is 5. The molecule has 0 N–H and O–H groups in total. The minimum Gasteiger partial charge on any atom is -0.481 e. The van der Waals surface area contributed by atoms with E-state index in [0.717, 1.165) is 57.4 Å². The van der Waals surface area contributed by atoms with Crippen molar-refractivity contribution in [3.05, 3.63) is 93.9 Å². The zero-order valence-electron chi connectivity index (χ0n) is 22.0. The molecular formula is C27H21F3N6O5S. The largest absolute Gasteiger partial charge is 0.481 e. The van der Waals surface area contributed by atoms with Gasteiger partial charge in [0.15, 0.2) is 0 Å². The Hall–Kier alpha value is -4.92. The maximum Gasteiger partial charge on any atom is 0.434 e. The summed E-state index contributed by atoms with van der Waals surface area (Å²) in [6.07, 6.45) is -2.96. The normalized spacial score (nSPS) is 13.1. The number of nitro benzene ring substituents is 1. The summed E-state index contributed by atoms with van der Waals surface area (Å²) in [7, 11) is 1.53. The number of halogens is 3. The standard InChI is InChI=1S/C27H21F3N6O5S/c1-3-26(27(28,29)30,41-25(37)17-5-8-19(9-6-17)36(38)39)22-15-35(34-32-22)14-16-4-10-20-21(12-16)42-33-24(20)18-7-11-23(40-2)31-13-18/h4-13,15H,3,14H2,1-2H3. The van der Waals surface area contributed by atoms with Gasteiger partial charge in [-0.2, -0.15) is 17.5 Å². The molecule has 3 aromatic heterocycles. The lowest BCUT2D eigenvalue weighted by Crippen LogP contribution is -2.46. The first-order valence-electron chi connectivity index (χ1n) is 12.4. The van der Waals surface area contributed by atoms with Crippen molar-refractivity contribution in [2.75, 3.05) is 7.11 Å². The Morgan fingerprint density at radius 2 is 1.88 bits per heavy atom. The number of hydrogen-bond acceptors (Lipinski definition) is 10. The van der Waals surface area contributed by atoms with Crippen molar-refractivity contribution in [1.82, 2.24) is 24.4 Å². The number of carbonyl (C=O) groups excluding carboxylic acids is 1. The van der Waals surface area contributed by atoms with E-state index in [-0.39, 0.29) is 17.8 Å². The molecule has 5 rings (SSSR count). The molecule has 0 radical (unpaired) electrons. The maximum absolute atomic E-state index is 14.4. The molecule has 0 aliphatic carbocycles. The van der Waals surface area contributed by atoms with Gasteiger partial charge >= 0.3 is 12.1 Å². The Bertz CT molecular complexity index is 1750. The van der Waals surface area contributed by atoms with Gasteiger partial charge in [0.25, 0.3) is 11.3 Å². The smallest absolute Gasteiger partial charge is 0.434 e. The SMILES string of the molecule is CCC(OC(=O)c1ccc([N+](=O)[O-])cc1)(c1cn(Cc2ccc3c(-c4ccc(OC)nc4)nsc3c2)nn1)C(F)(F)F. The number of carbonyl (C=O) groups is 1. The van der Waals surface area contributed by atoms with Gasteiger partial charge in [0.05, 0.1) is 40.7 Å². The fraction of sp³-hybridized carbons (Fsp3) is 0.222. The fourth-order valence-corrected chi connectivity index (χ4v) is 5.18. The minimum absolute atomic E-state index is 0.0915. The molecule has 0 fully saturated rings. The van der Waals surface area contributed by atoms with Crippen LogP contribution in [0.2, 0.25) is 0 Å². The first-order valence-corrected chi connectivity index (χ1v) is 13.2. The Kier molecular flexibility index (Phi) is 7.60. The number of benzene rings is 2. The van der Waals surface area contributed by atoms with Gasteiger partial charge in [-0.15, -0.1) is 5.10 Å². The van der Waals surface area contributed by atoms with Gasteiger partial charge in [-0.1, -0.05) is 24.3 Å². The summed E-state index contributed by atoms with van der Waals surface area (Å²) in [5.41, 5.74) is -2.00. The lowest BCUT2D eigenvalue weighted by Gasteiger charge is -2.32. The van der Waals surface area contributed by atoms with Crippen molar-refractivity contribution < 1.29 is 32.4 Å². The maximum atomic E-state index is 14.4. The predicted octanol–water partition coefficient (Wildman–Crippen LogP) is 5.94. The van der Waals surface area contributed by atoms with E-state index in [0.29, 0.717) is 5.88 Å². The molecule has 3 heterocycles. The van der Waals surface area contributed by atoms with Crippen molar-refractivity contribution in [1.29, 1.82) is 0 Å². The third-order valence-electron chi connectivity index (χ3n) is 6.59. The van der Waals surface area contributed by atoms with Crippen LogP contribution < -0.4 is 4.74 Å². The molecule has 0 saturated heterocycles. The van der Waals surface area contributed by atoms with Crippen LogP contribution in [-0.2, 0) is 16.9 Å². The van der Waals surface area contributed by atoms with Crippen LogP contribution in [0.3, 0.4) is 0 Å². The minimum atomic E-state index is -5.03. The second kappa shape index (κ2) is 11.2. The van der Waals surface area contributed by atoms with E-state index in [1.54, 1.807) is 12.3 Å². The van der Waals surface area contributed by atoms with Crippen molar-refractivity contribution >= 4 is 33.3 Å². The van der Waals surface area contributed by atoms with Gasteiger partial charge in [-0.25, -0.2) is 14.5 Å². The second-order valence-electron chi connectivity index (χ2n) is 9.12. The molecule has 15 heteroatoms. The van der Waals surface area contributed by atoms with E-state index in [4.69, 9.17) is 9.47 Å². The van der Waals surface area contributed by atoms with Gasteiger partial charge in [0.2, 0.25) is 5.88 Å². The molecule has 1 atom stereocenters. The molecule has 5 aromatic rings. The summed E-state index contributed by atoms with van der Waals surface area (Å²) in [4.78, 5) is 27.1. The summed E-state index contributed by atoms with van der Waals surface area (Å²) in [5, 5.41) is 19.3. The molecular weight excluding hydrogens is 577 g/mol. The van der Waals surface area contributed by atoms with E-state index in [9.17, 15) is 28.1 Å². The van der Waals surface area contributed by atoms with Crippen LogP contribution in [0.5, 0.6) is 5.88 Å². The predicted molar refractivity (Wildman–Crippen MR) is 145 cm³/mol. The molecule has 2 aromatic carbocycles. The zero-order chi connectivity index (χ0) is 30.1. The van der Waals surface area contributed by atoms with Gasteiger partial charge in [0.1, 0.15) is 5.69 Å². The monoisotopic (exact) mass is 598 g/mol. The van der Waals surface area contributed by atoms with Crippen LogP contribution in [0.15, 0.2) is 67.0 Å². The quantitative estimate of drug-likeness (QED) is 0.115. The Balaban J connectivity index is 1.39. The highest BCUT2D eigenvalue weighted by atomic mass is 32.1. The van der Waals surface area contributed by atoms with E-state index < -0.39 is 34.8 Å². The number of nitrogens with zero attached hydrogens (tertiary/aromatic N) is 6. The highest BCUT2D eigenvalue weighted by Gasteiger charge is 2.60. The molecule has 42 heavy (non-hydrogen) atoms. The highest BCUT2D eigenvalue weighted by Crippen LogP contribution is 2.44. The van der Waals surface area contributed by atoms with Crippen molar-refractivity contribution in [3.8, 4) is 17.1 Å². The number of nitro groups is 1. The summed E-state index contributed by atoms with van der Waals surface area (Å²) < 4.78 is 60.1. The summed E-state index contributed by atoms with van der Waals surface area (Å²) >= 11 is 1.27. The summed E-state index contributed by atoms with van der Waals surface area (Å²) in [6.45, 7) is 1.30. The Morgan fingerprint density at radius 1 is 1.12 bits per heavy atom. The first kappa shape index (κ1) is 28.6. The molecule has 11 nitrogen and oxygen atoms in total. The second-order valence-corrected chi connectivity index (χ2v) is 9.93. The molecule has 1 unspecified atom stereocenters. The van der Waals surface area contributed by atoms with E-state index in [1.165, 1.54) is 30.2 Å². The van der Waals surface area contributed by atoms with Crippen molar-refractivity contribution in [2.45, 2.75) is 31.7 Å². The molecule has 0 bridgehead atoms. The van der Waals surface area contributed by atoms with Crippen molar-refractivity contribution in [2.24, 2.45) is 0 Å². The number of methoxy groups -OCH3 is 1. The van der Waals surface area contributed by atoms with Crippen LogP contribution in [0.1, 0.15) is 35.0 Å². The number of esters is 1. The average Bonchev–Trinajstić information content (AvgIpc) is 3.62. The average molecular weight is 599 g/mol. The van der Waals surface area contributed by atoms with Crippen LogP contribution >= 0.6 is 11.5 Å². The van der Waals surface area contributed by atoms with E-state index in [1.807, 2.05) is 24.3 Å². The van der Waals surface area contributed by atoms with Gasteiger partial charge in [0, 0.05) is 35.3 Å².